The molecule has 0 amide bonds. The Labute approximate surface area is 155 Å². The molecule has 0 N–H and O–H groups in total. The summed E-state index contributed by atoms with van der Waals surface area (Å²) in [6.45, 7) is 4.64. The number of benzene rings is 1. The van der Waals surface area contributed by atoms with Crippen molar-refractivity contribution < 1.29 is 0 Å². The number of para-hydroxylation sites is 1. The quantitative estimate of drug-likeness (QED) is 0.570. The van der Waals surface area contributed by atoms with E-state index in [-0.39, 0.29) is 5.54 Å². The summed E-state index contributed by atoms with van der Waals surface area (Å²) in [5, 5.41) is 1.33. The van der Waals surface area contributed by atoms with Crippen LogP contribution in [0.25, 0.3) is 11.0 Å². The predicted octanol–water partition coefficient (Wildman–Crippen LogP) is 5.62. The minimum Gasteiger partial charge on any atom is -0.353 e. The largest absolute Gasteiger partial charge is 0.353 e. The molecule has 1 spiro atoms. The van der Waals surface area contributed by atoms with Gasteiger partial charge in [-0.15, -0.1) is 0 Å². The molecule has 0 saturated heterocycles. The molecule has 1 atom stereocenters. The third-order valence-corrected chi connectivity index (χ3v) is 6.75. The molecule has 26 heavy (non-hydrogen) atoms. The fourth-order valence-corrected chi connectivity index (χ4v) is 5.78. The van der Waals surface area contributed by atoms with Crippen LogP contribution in [0.5, 0.6) is 0 Å². The van der Waals surface area contributed by atoms with Crippen molar-refractivity contribution in [2.45, 2.75) is 57.5 Å². The van der Waals surface area contributed by atoms with Gasteiger partial charge < -0.3 is 9.47 Å². The van der Waals surface area contributed by atoms with Crippen LogP contribution in [0.3, 0.4) is 0 Å². The molecule has 134 valence electrons. The van der Waals surface area contributed by atoms with Crippen LogP contribution < -0.4 is 4.90 Å². The molecule has 0 radical (unpaired) electrons. The Balaban J connectivity index is 1.82. The van der Waals surface area contributed by atoms with Crippen molar-refractivity contribution in [1.29, 1.82) is 0 Å². The van der Waals surface area contributed by atoms with E-state index in [0.29, 0.717) is 6.04 Å². The first kappa shape index (κ1) is 15.9. The zero-order valence-electron chi connectivity index (χ0n) is 16.0. The summed E-state index contributed by atoms with van der Waals surface area (Å²) in [5.41, 5.74) is 7.03. The topological polar surface area (TPSA) is 21.1 Å². The number of hydrogen-bond donors (Lipinski definition) is 0. The van der Waals surface area contributed by atoms with Crippen LogP contribution in [0.4, 0.5) is 5.69 Å². The Morgan fingerprint density at radius 3 is 2.58 bits per heavy atom. The number of aryl methyl sites for hydroxylation is 2. The van der Waals surface area contributed by atoms with Crippen LogP contribution in [-0.4, -0.2) is 9.55 Å². The molecule has 1 unspecified atom stereocenters. The number of rotatable bonds is 1. The monoisotopic (exact) mass is 345 g/mol. The first-order valence-corrected chi connectivity index (χ1v) is 9.94. The summed E-state index contributed by atoms with van der Waals surface area (Å²) in [7, 11) is 2.22. The maximum Gasteiger partial charge on any atom is 0.140 e. The van der Waals surface area contributed by atoms with Crippen LogP contribution in [0.1, 0.15) is 61.9 Å². The Hall–Kier alpha value is -2.29. The summed E-state index contributed by atoms with van der Waals surface area (Å²) in [4.78, 5) is 7.46. The number of pyridine rings is 1. The number of fused-ring (bicyclic) bond motifs is 4. The van der Waals surface area contributed by atoms with Crippen LogP contribution in [0.2, 0.25) is 0 Å². The molecule has 1 aromatic carbocycles. The predicted molar refractivity (Wildman–Crippen MR) is 108 cm³/mol. The lowest BCUT2D eigenvalue weighted by molar-refractivity contribution is 0.273. The Morgan fingerprint density at radius 2 is 1.81 bits per heavy atom. The minimum absolute atomic E-state index is 0.106. The highest BCUT2D eigenvalue weighted by Gasteiger charge is 2.52. The van der Waals surface area contributed by atoms with Gasteiger partial charge in [0.05, 0.1) is 17.3 Å². The Kier molecular flexibility index (Phi) is 3.43. The van der Waals surface area contributed by atoms with Gasteiger partial charge in [-0.25, -0.2) is 4.98 Å². The average Bonchev–Trinajstić information content (AvgIpc) is 3.09. The molecule has 2 aliphatic rings. The van der Waals surface area contributed by atoms with Gasteiger partial charge in [0.15, 0.2) is 0 Å². The fourth-order valence-electron chi connectivity index (χ4n) is 5.78. The second-order valence-electron chi connectivity index (χ2n) is 8.12. The molecule has 3 aromatic rings. The zero-order chi connectivity index (χ0) is 17.9. The van der Waals surface area contributed by atoms with Crippen LogP contribution in [-0.2, 0) is 12.6 Å². The molecule has 0 bridgehead atoms. The lowest BCUT2D eigenvalue weighted by Gasteiger charge is -2.46. The number of aromatic nitrogens is 2. The van der Waals surface area contributed by atoms with Gasteiger partial charge >= 0.3 is 0 Å². The van der Waals surface area contributed by atoms with Gasteiger partial charge in [0, 0.05) is 29.9 Å². The van der Waals surface area contributed by atoms with Crippen molar-refractivity contribution in [3.8, 4) is 0 Å². The van der Waals surface area contributed by atoms with Crippen LogP contribution >= 0.6 is 0 Å². The van der Waals surface area contributed by atoms with E-state index in [0.717, 1.165) is 5.65 Å². The highest BCUT2D eigenvalue weighted by molar-refractivity contribution is 5.86. The normalized spacial score (nSPS) is 21.5. The summed E-state index contributed by atoms with van der Waals surface area (Å²) >= 11 is 0. The van der Waals surface area contributed by atoms with Crippen LogP contribution in [0, 0.1) is 6.92 Å². The van der Waals surface area contributed by atoms with Gasteiger partial charge in [-0.2, -0.15) is 0 Å². The van der Waals surface area contributed by atoms with E-state index in [1.807, 2.05) is 6.20 Å². The van der Waals surface area contributed by atoms with E-state index in [4.69, 9.17) is 4.98 Å². The smallest absolute Gasteiger partial charge is 0.140 e. The van der Waals surface area contributed by atoms with Gasteiger partial charge in [0.2, 0.25) is 0 Å². The highest BCUT2D eigenvalue weighted by Crippen LogP contribution is 2.57. The first-order valence-electron chi connectivity index (χ1n) is 9.94. The minimum atomic E-state index is 0.106. The Morgan fingerprint density at radius 1 is 1.04 bits per heavy atom. The lowest BCUT2D eigenvalue weighted by Crippen LogP contribution is -2.45. The zero-order valence-corrected chi connectivity index (χ0v) is 16.0. The average molecular weight is 345 g/mol. The number of anilines is 1. The van der Waals surface area contributed by atoms with Crippen molar-refractivity contribution in [2.24, 2.45) is 7.05 Å². The van der Waals surface area contributed by atoms with Crippen molar-refractivity contribution in [3.63, 3.8) is 0 Å². The molecule has 3 nitrogen and oxygen atoms in total. The van der Waals surface area contributed by atoms with E-state index in [2.05, 4.69) is 66.8 Å². The van der Waals surface area contributed by atoms with Crippen LogP contribution in [0.15, 0.2) is 42.6 Å². The van der Waals surface area contributed by atoms with Crippen molar-refractivity contribution in [3.05, 3.63) is 59.4 Å². The summed E-state index contributed by atoms with van der Waals surface area (Å²) in [6.07, 6.45) is 8.38. The van der Waals surface area contributed by atoms with Gasteiger partial charge in [-0.1, -0.05) is 37.5 Å². The molecule has 3 heteroatoms. The molecular formula is C23H27N3. The van der Waals surface area contributed by atoms with Gasteiger partial charge in [-0.05, 0) is 50.5 Å². The third-order valence-electron chi connectivity index (χ3n) is 6.75. The van der Waals surface area contributed by atoms with Crippen molar-refractivity contribution in [1.82, 2.24) is 9.55 Å². The summed E-state index contributed by atoms with van der Waals surface area (Å²) in [6, 6.07) is 13.6. The van der Waals surface area contributed by atoms with Gasteiger partial charge in [-0.3, -0.25) is 0 Å². The second-order valence-corrected chi connectivity index (χ2v) is 8.12. The second kappa shape index (κ2) is 5.60. The van der Waals surface area contributed by atoms with E-state index in [1.54, 1.807) is 0 Å². The van der Waals surface area contributed by atoms with Gasteiger partial charge in [0.1, 0.15) is 5.65 Å². The summed E-state index contributed by atoms with van der Waals surface area (Å²) < 4.78 is 2.39. The molecule has 1 fully saturated rings. The fraction of sp³-hybridized carbons (Fsp3) is 0.435. The van der Waals surface area contributed by atoms with E-state index < -0.39 is 0 Å². The van der Waals surface area contributed by atoms with E-state index >= 15 is 0 Å². The van der Waals surface area contributed by atoms with E-state index in [9.17, 15) is 0 Å². The molecule has 2 aromatic heterocycles. The maximum atomic E-state index is 4.72. The summed E-state index contributed by atoms with van der Waals surface area (Å²) in [5.74, 6) is 0. The third kappa shape index (κ3) is 1.92. The SMILES string of the molecule is Cc1ccccc1N1C(C)c2c(n(C)c3ncccc23)C12CCCCC2. The molecular weight excluding hydrogens is 318 g/mol. The molecule has 1 aliphatic carbocycles. The molecule has 1 aliphatic heterocycles. The van der Waals surface area contributed by atoms with E-state index in [1.165, 1.54) is 60.0 Å². The number of nitrogens with zero attached hydrogens (tertiary/aromatic N) is 3. The number of hydrogen-bond acceptors (Lipinski definition) is 2. The Bertz CT molecular complexity index is 978. The molecule has 1 saturated carbocycles. The molecule has 3 heterocycles. The lowest BCUT2D eigenvalue weighted by atomic mass is 9.78. The maximum absolute atomic E-state index is 4.72. The standard InChI is InChI=1S/C23H27N3/c1-16-10-5-6-12-19(16)26-17(2)20-18-11-9-15-24-22(18)25(3)21(20)23(26)13-7-4-8-14-23/h5-6,9-12,15,17H,4,7-8,13-14H2,1-3H3. The highest BCUT2D eigenvalue weighted by atomic mass is 15.3. The first-order chi connectivity index (χ1) is 12.6. The van der Waals surface area contributed by atoms with Gasteiger partial charge in [0.25, 0.3) is 0 Å². The van der Waals surface area contributed by atoms with Crippen molar-refractivity contribution >= 4 is 16.7 Å². The van der Waals surface area contributed by atoms with Crippen molar-refractivity contribution in [2.75, 3.05) is 4.90 Å². The molecule has 5 rings (SSSR count).